The molecule has 2 aromatic heterocycles. The van der Waals surface area contributed by atoms with E-state index in [1.165, 1.54) is 6.42 Å². The summed E-state index contributed by atoms with van der Waals surface area (Å²) in [6.45, 7) is 5.22. The van der Waals surface area contributed by atoms with Crippen LogP contribution < -0.4 is 4.90 Å². The normalized spacial score (nSPS) is 20.2. The van der Waals surface area contributed by atoms with Crippen LogP contribution in [0.5, 0.6) is 0 Å². The third-order valence-corrected chi connectivity index (χ3v) is 3.91. The number of hydrogen-bond acceptors (Lipinski definition) is 4. The summed E-state index contributed by atoms with van der Waals surface area (Å²) in [5.74, 6) is 0.925. The molecule has 3 rings (SSSR count). The summed E-state index contributed by atoms with van der Waals surface area (Å²) in [6.07, 6.45) is 2.79. The molecule has 0 radical (unpaired) electrons. The monoisotopic (exact) mass is 281 g/mol. The van der Waals surface area contributed by atoms with Crippen molar-refractivity contribution in [2.45, 2.75) is 26.3 Å². The summed E-state index contributed by atoms with van der Waals surface area (Å²) in [5.41, 5.74) is 1.82. The quantitative estimate of drug-likeness (QED) is 0.800. The molecule has 0 aliphatic carbocycles. The van der Waals surface area contributed by atoms with Crippen molar-refractivity contribution in [1.29, 1.82) is 0 Å². The molecule has 3 heterocycles. The molecule has 1 fully saturated rings. The third-order valence-electron chi connectivity index (χ3n) is 3.16. The Morgan fingerprint density at radius 1 is 1.50 bits per heavy atom. The van der Waals surface area contributed by atoms with Crippen LogP contribution in [-0.4, -0.2) is 32.2 Å². The maximum atomic E-state index is 4.56. The molecule has 5 nitrogen and oxygen atoms in total. The van der Waals surface area contributed by atoms with Crippen LogP contribution in [-0.2, 0) is 0 Å². The van der Waals surface area contributed by atoms with E-state index < -0.39 is 0 Å². The molecule has 1 atom stereocenters. The minimum Gasteiger partial charge on any atom is -0.351 e. The maximum absolute atomic E-state index is 4.56. The molecule has 0 amide bonds. The van der Waals surface area contributed by atoms with Crippen molar-refractivity contribution in [2.24, 2.45) is 0 Å². The standard InChI is InChI=1S/C10H12BrN5/c1-6-3-4-15(6)10-9-12-5-13-16(9)7(2)8(11)14-10/h5-6H,3-4H2,1-2H3/t6-/m0/s1. The van der Waals surface area contributed by atoms with E-state index in [4.69, 9.17) is 0 Å². The fraction of sp³-hybridized carbons (Fsp3) is 0.500. The van der Waals surface area contributed by atoms with E-state index in [1.807, 2.05) is 11.4 Å². The lowest BCUT2D eigenvalue weighted by atomic mass is 10.1. The molecule has 0 aromatic carbocycles. The highest BCUT2D eigenvalue weighted by atomic mass is 79.9. The molecule has 1 saturated heterocycles. The molecule has 0 saturated carbocycles. The number of aromatic nitrogens is 4. The maximum Gasteiger partial charge on any atom is 0.198 e. The SMILES string of the molecule is Cc1c(Br)nc(N2CC[C@@H]2C)c2ncnn12. The number of halogens is 1. The molecule has 1 aliphatic heterocycles. The topological polar surface area (TPSA) is 46.3 Å². The largest absolute Gasteiger partial charge is 0.351 e. The van der Waals surface area contributed by atoms with E-state index in [0.29, 0.717) is 6.04 Å². The van der Waals surface area contributed by atoms with Crippen LogP contribution in [0.4, 0.5) is 5.82 Å². The van der Waals surface area contributed by atoms with Crippen molar-refractivity contribution in [3.8, 4) is 0 Å². The van der Waals surface area contributed by atoms with E-state index in [0.717, 1.165) is 28.3 Å². The molecular formula is C10H12BrN5. The first-order valence-corrected chi connectivity index (χ1v) is 6.10. The smallest absolute Gasteiger partial charge is 0.198 e. The molecule has 0 unspecified atom stereocenters. The Balaban J connectivity index is 2.24. The van der Waals surface area contributed by atoms with Crippen LogP contribution in [0.2, 0.25) is 0 Å². The first-order chi connectivity index (χ1) is 7.68. The van der Waals surface area contributed by atoms with Crippen LogP contribution in [0.1, 0.15) is 19.0 Å². The summed E-state index contributed by atoms with van der Waals surface area (Å²) in [5, 5.41) is 4.21. The van der Waals surface area contributed by atoms with Crippen LogP contribution in [0.15, 0.2) is 10.9 Å². The number of rotatable bonds is 1. The van der Waals surface area contributed by atoms with Gasteiger partial charge >= 0.3 is 0 Å². The number of fused-ring (bicyclic) bond motifs is 1. The zero-order valence-corrected chi connectivity index (χ0v) is 10.8. The number of aryl methyl sites for hydroxylation is 1. The van der Waals surface area contributed by atoms with Crippen LogP contribution in [0.25, 0.3) is 5.65 Å². The lowest BCUT2D eigenvalue weighted by molar-refractivity contribution is 0.476. The van der Waals surface area contributed by atoms with Crippen molar-refractivity contribution in [3.05, 3.63) is 16.6 Å². The zero-order valence-electron chi connectivity index (χ0n) is 9.18. The number of nitrogens with zero attached hydrogens (tertiary/aromatic N) is 5. The highest BCUT2D eigenvalue weighted by molar-refractivity contribution is 9.10. The summed E-state index contributed by atoms with van der Waals surface area (Å²) in [6, 6.07) is 0.544. The van der Waals surface area contributed by atoms with Gasteiger partial charge in [-0.1, -0.05) is 0 Å². The van der Waals surface area contributed by atoms with Crippen LogP contribution in [0.3, 0.4) is 0 Å². The van der Waals surface area contributed by atoms with Gasteiger partial charge in [0.1, 0.15) is 10.9 Å². The van der Waals surface area contributed by atoms with Crippen molar-refractivity contribution < 1.29 is 0 Å². The van der Waals surface area contributed by atoms with Crippen LogP contribution in [0, 0.1) is 6.92 Å². The van der Waals surface area contributed by atoms with E-state index in [-0.39, 0.29) is 0 Å². The molecular weight excluding hydrogens is 270 g/mol. The average molecular weight is 282 g/mol. The lowest BCUT2D eigenvalue weighted by Gasteiger charge is -2.39. The lowest BCUT2D eigenvalue weighted by Crippen LogP contribution is -2.46. The second kappa shape index (κ2) is 3.41. The Kier molecular flexibility index (Phi) is 2.14. The van der Waals surface area contributed by atoms with Gasteiger partial charge < -0.3 is 4.90 Å². The van der Waals surface area contributed by atoms with Gasteiger partial charge in [-0.05, 0) is 36.2 Å². The highest BCUT2D eigenvalue weighted by Gasteiger charge is 2.28. The van der Waals surface area contributed by atoms with E-state index in [9.17, 15) is 0 Å². The van der Waals surface area contributed by atoms with Gasteiger partial charge in [0.15, 0.2) is 11.5 Å². The van der Waals surface area contributed by atoms with Crippen molar-refractivity contribution in [2.75, 3.05) is 11.4 Å². The number of anilines is 1. The number of hydrogen-bond donors (Lipinski definition) is 0. The second-order valence-electron chi connectivity index (χ2n) is 4.14. The van der Waals surface area contributed by atoms with Crippen molar-refractivity contribution in [3.63, 3.8) is 0 Å². The van der Waals surface area contributed by atoms with Crippen molar-refractivity contribution >= 4 is 27.4 Å². The minimum atomic E-state index is 0.544. The van der Waals surface area contributed by atoms with Gasteiger partial charge in [0.05, 0.1) is 5.69 Å². The fourth-order valence-corrected chi connectivity index (χ4v) is 2.31. The molecule has 84 valence electrons. The first kappa shape index (κ1) is 10.0. The Morgan fingerprint density at radius 2 is 2.31 bits per heavy atom. The van der Waals surface area contributed by atoms with E-state index in [2.05, 4.69) is 42.8 Å². The molecule has 6 heteroatoms. The van der Waals surface area contributed by atoms with Gasteiger partial charge in [-0.15, -0.1) is 0 Å². The molecule has 0 bridgehead atoms. The van der Waals surface area contributed by atoms with Gasteiger partial charge in [0, 0.05) is 12.6 Å². The first-order valence-electron chi connectivity index (χ1n) is 5.31. The summed E-state index contributed by atoms with van der Waals surface area (Å²) in [4.78, 5) is 11.1. The van der Waals surface area contributed by atoms with E-state index in [1.54, 1.807) is 6.33 Å². The Bertz CT molecular complexity index is 549. The highest BCUT2D eigenvalue weighted by Crippen LogP contribution is 2.29. The molecule has 0 N–H and O–H groups in total. The van der Waals surface area contributed by atoms with E-state index >= 15 is 0 Å². The van der Waals surface area contributed by atoms with Gasteiger partial charge in [-0.3, -0.25) is 0 Å². The molecule has 16 heavy (non-hydrogen) atoms. The van der Waals surface area contributed by atoms with Gasteiger partial charge in [-0.25, -0.2) is 14.5 Å². The summed E-state index contributed by atoms with van der Waals surface area (Å²) in [7, 11) is 0. The predicted octanol–water partition coefficient (Wildman–Crippen LogP) is 1.79. The summed E-state index contributed by atoms with van der Waals surface area (Å²) >= 11 is 3.47. The zero-order chi connectivity index (χ0) is 11.3. The molecule has 1 aliphatic rings. The van der Waals surface area contributed by atoms with Gasteiger partial charge in [0.25, 0.3) is 0 Å². The average Bonchev–Trinajstić information content (AvgIpc) is 2.72. The minimum absolute atomic E-state index is 0.544. The van der Waals surface area contributed by atoms with Crippen molar-refractivity contribution in [1.82, 2.24) is 19.6 Å². The molecule has 0 spiro atoms. The van der Waals surface area contributed by atoms with Gasteiger partial charge in [-0.2, -0.15) is 5.10 Å². The Hall–Kier alpha value is -1.17. The predicted molar refractivity (Wildman–Crippen MR) is 64.6 cm³/mol. The Labute approximate surface area is 102 Å². The fourth-order valence-electron chi connectivity index (χ4n) is 1.97. The Morgan fingerprint density at radius 3 is 2.94 bits per heavy atom. The van der Waals surface area contributed by atoms with Crippen LogP contribution >= 0.6 is 15.9 Å². The molecule has 2 aromatic rings. The third kappa shape index (κ3) is 1.25. The second-order valence-corrected chi connectivity index (χ2v) is 4.89. The van der Waals surface area contributed by atoms with Gasteiger partial charge in [0.2, 0.25) is 0 Å². The summed E-state index contributed by atoms with van der Waals surface area (Å²) < 4.78 is 2.66.